The third-order valence-corrected chi connectivity index (χ3v) is 3.91. The molecule has 1 saturated carbocycles. The van der Waals surface area contributed by atoms with Gasteiger partial charge in [-0.3, -0.25) is 0 Å². The highest BCUT2D eigenvalue weighted by atomic mass is 15.1. The Kier molecular flexibility index (Phi) is 6.54. The third kappa shape index (κ3) is 5.06. The number of hydrogen-bond donors (Lipinski definition) is 1. The Bertz CT molecular complexity index is 244. The van der Waals surface area contributed by atoms with E-state index in [1.165, 1.54) is 25.7 Å². The predicted octanol–water partition coefficient (Wildman–Crippen LogP) is 2.39. The molecule has 0 saturated heterocycles. The molecular formula is C14H27N3. The highest BCUT2D eigenvalue weighted by Gasteiger charge is 2.23. The van der Waals surface area contributed by atoms with Crippen LogP contribution in [-0.4, -0.2) is 37.1 Å². The van der Waals surface area contributed by atoms with Gasteiger partial charge >= 0.3 is 0 Å². The summed E-state index contributed by atoms with van der Waals surface area (Å²) in [6, 6.07) is 3.51. The van der Waals surface area contributed by atoms with Crippen LogP contribution in [0.5, 0.6) is 0 Å². The van der Waals surface area contributed by atoms with Gasteiger partial charge in [-0.15, -0.1) is 0 Å². The number of nitrogens with one attached hydrogen (secondary N) is 1. The Morgan fingerprint density at radius 1 is 1.35 bits per heavy atom. The van der Waals surface area contributed by atoms with Gasteiger partial charge in [-0.25, -0.2) is 0 Å². The van der Waals surface area contributed by atoms with Crippen LogP contribution in [0.25, 0.3) is 0 Å². The summed E-state index contributed by atoms with van der Waals surface area (Å²) in [6.45, 7) is 6.62. The van der Waals surface area contributed by atoms with Crippen LogP contribution in [0, 0.1) is 17.2 Å². The van der Waals surface area contributed by atoms with E-state index >= 15 is 0 Å². The van der Waals surface area contributed by atoms with Gasteiger partial charge in [0.15, 0.2) is 0 Å². The van der Waals surface area contributed by atoms with Crippen molar-refractivity contribution in [3.63, 3.8) is 0 Å². The van der Waals surface area contributed by atoms with Crippen LogP contribution in [0.15, 0.2) is 0 Å². The minimum Gasteiger partial charge on any atom is -0.313 e. The van der Waals surface area contributed by atoms with Crippen molar-refractivity contribution in [2.24, 2.45) is 5.92 Å². The lowest BCUT2D eigenvalue weighted by atomic mass is 9.85. The molecule has 1 aliphatic rings. The molecule has 2 unspecified atom stereocenters. The molecule has 17 heavy (non-hydrogen) atoms. The number of hydrogen-bond acceptors (Lipinski definition) is 3. The highest BCUT2D eigenvalue weighted by molar-refractivity contribution is 4.94. The SMILES string of the molecule is CC(C)N(C)CCCNC1CCCCC1C#N. The molecule has 1 aliphatic carbocycles. The van der Waals surface area contributed by atoms with E-state index in [0.29, 0.717) is 12.1 Å². The first kappa shape index (κ1) is 14.5. The topological polar surface area (TPSA) is 39.1 Å². The normalized spacial score (nSPS) is 25.2. The van der Waals surface area contributed by atoms with Gasteiger partial charge < -0.3 is 10.2 Å². The average molecular weight is 237 g/mol. The van der Waals surface area contributed by atoms with Crippen LogP contribution >= 0.6 is 0 Å². The van der Waals surface area contributed by atoms with Crippen molar-refractivity contribution in [1.82, 2.24) is 10.2 Å². The number of rotatable bonds is 6. The monoisotopic (exact) mass is 237 g/mol. The molecule has 0 amide bonds. The van der Waals surface area contributed by atoms with Crippen LogP contribution in [-0.2, 0) is 0 Å². The molecule has 0 aromatic rings. The highest BCUT2D eigenvalue weighted by Crippen LogP contribution is 2.23. The third-order valence-electron chi connectivity index (χ3n) is 3.91. The van der Waals surface area contributed by atoms with Gasteiger partial charge in [0.25, 0.3) is 0 Å². The second-order valence-corrected chi connectivity index (χ2v) is 5.51. The van der Waals surface area contributed by atoms with Gasteiger partial charge in [-0.1, -0.05) is 12.8 Å². The Labute approximate surface area is 106 Å². The van der Waals surface area contributed by atoms with Gasteiger partial charge in [0.05, 0.1) is 12.0 Å². The summed E-state index contributed by atoms with van der Waals surface area (Å²) in [4.78, 5) is 2.37. The molecule has 0 aromatic carbocycles. The zero-order valence-electron chi connectivity index (χ0n) is 11.6. The Morgan fingerprint density at radius 2 is 2.06 bits per heavy atom. The van der Waals surface area contributed by atoms with Gasteiger partial charge in [0, 0.05) is 12.1 Å². The lowest BCUT2D eigenvalue weighted by Gasteiger charge is -2.28. The molecule has 1 fully saturated rings. The summed E-state index contributed by atoms with van der Waals surface area (Å²) in [6.07, 6.45) is 5.94. The summed E-state index contributed by atoms with van der Waals surface area (Å²) < 4.78 is 0. The van der Waals surface area contributed by atoms with E-state index in [1.54, 1.807) is 0 Å². The Balaban J connectivity index is 2.15. The van der Waals surface area contributed by atoms with Crippen molar-refractivity contribution >= 4 is 0 Å². The molecule has 0 aliphatic heterocycles. The van der Waals surface area contributed by atoms with Crippen LogP contribution < -0.4 is 5.32 Å². The maximum absolute atomic E-state index is 9.08. The van der Waals surface area contributed by atoms with Crippen LogP contribution in [0.3, 0.4) is 0 Å². The summed E-state index contributed by atoms with van der Waals surface area (Å²) in [7, 11) is 2.17. The van der Waals surface area contributed by atoms with Crippen LogP contribution in [0.1, 0.15) is 46.0 Å². The van der Waals surface area contributed by atoms with Crippen LogP contribution in [0.4, 0.5) is 0 Å². The van der Waals surface area contributed by atoms with Crippen LogP contribution in [0.2, 0.25) is 0 Å². The lowest BCUT2D eigenvalue weighted by molar-refractivity contribution is 0.259. The van der Waals surface area contributed by atoms with Crippen molar-refractivity contribution in [2.75, 3.05) is 20.1 Å². The maximum atomic E-state index is 9.08. The number of nitrogens with zero attached hydrogens (tertiary/aromatic N) is 2. The summed E-state index contributed by atoms with van der Waals surface area (Å²) in [5, 5.41) is 12.6. The van der Waals surface area contributed by atoms with Crippen molar-refractivity contribution in [3.05, 3.63) is 0 Å². The van der Waals surface area contributed by atoms with E-state index in [9.17, 15) is 0 Å². The molecule has 3 nitrogen and oxygen atoms in total. The molecule has 1 rings (SSSR count). The summed E-state index contributed by atoms with van der Waals surface area (Å²) in [5.41, 5.74) is 0. The Hall–Kier alpha value is -0.590. The van der Waals surface area contributed by atoms with Crippen molar-refractivity contribution in [3.8, 4) is 6.07 Å². The molecule has 3 heteroatoms. The molecule has 0 radical (unpaired) electrons. The Morgan fingerprint density at radius 3 is 2.71 bits per heavy atom. The van der Waals surface area contributed by atoms with E-state index in [1.807, 2.05) is 0 Å². The first-order valence-electron chi connectivity index (χ1n) is 6.98. The largest absolute Gasteiger partial charge is 0.313 e. The fourth-order valence-corrected chi connectivity index (χ4v) is 2.40. The molecule has 0 aromatic heterocycles. The standard InChI is InChI=1S/C14H27N3/c1-12(2)17(3)10-6-9-16-14-8-5-4-7-13(14)11-15/h12-14,16H,4-10H2,1-3H3. The van der Waals surface area contributed by atoms with Crippen molar-refractivity contribution in [1.29, 1.82) is 5.26 Å². The predicted molar refractivity (Wildman–Crippen MR) is 71.7 cm³/mol. The fourth-order valence-electron chi connectivity index (χ4n) is 2.40. The van der Waals surface area contributed by atoms with Gasteiger partial charge in [0.2, 0.25) is 0 Å². The first-order valence-corrected chi connectivity index (χ1v) is 6.98. The van der Waals surface area contributed by atoms with Gasteiger partial charge in [-0.05, 0) is 53.2 Å². The number of nitriles is 1. The fraction of sp³-hybridized carbons (Fsp3) is 0.929. The molecule has 1 N–H and O–H groups in total. The summed E-state index contributed by atoms with van der Waals surface area (Å²) in [5.74, 6) is 0.242. The second-order valence-electron chi connectivity index (χ2n) is 5.51. The molecular weight excluding hydrogens is 210 g/mol. The van der Waals surface area contributed by atoms with E-state index in [4.69, 9.17) is 5.26 Å². The van der Waals surface area contributed by atoms with E-state index in [-0.39, 0.29) is 5.92 Å². The zero-order chi connectivity index (χ0) is 12.7. The van der Waals surface area contributed by atoms with Gasteiger partial charge in [-0.2, -0.15) is 5.26 Å². The minimum atomic E-state index is 0.242. The first-order chi connectivity index (χ1) is 8.15. The molecule has 2 atom stereocenters. The van der Waals surface area contributed by atoms with E-state index in [0.717, 1.165) is 19.5 Å². The van der Waals surface area contributed by atoms with E-state index < -0.39 is 0 Å². The molecule has 0 heterocycles. The van der Waals surface area contributed by atoms with Crippen molar-refractivity contribution < 1.29 is 0 Å². The molecule has 98 valence electrons. The zero-order valence-corrected chi connectivity index (χ0v) is 11.6. The smallest absolute Gasteiger partial charge is 0.0672 e. The summed E-state index contributed by atoms with van der Waals surface area (Å²) >= 11 is 0. The maximum Gasteiger partial charge on any atom is 0.0672 e. The quantitative estimate of drug-likeness (QED) is 0.721. The minimum absolute atomic E-state index is 0.242. The average Bonchev–Trinajstić information content (AvgIpc) is 2.34. The lowest BCUT2D eigenvalue weighted by Crippen LogP contribution is -2.39. The molecule has 0 spiro atoms. The second kappa shape index (κ2) is 7.68. The van der Waals surface area contributed by atoms with Crippen molar-refractivity contribution in [2.45, 2.75) is 58.0 Å². The van der Waals surface area contributed by atoms with Gasteiger partial charge in [0.1, 0.15) is 0 Å². The van der Waals surface area contributed by atoms with E-state index in [2.05, 4.69) is 37.2 Å². The molecule has 0 bridgehead atoms.